The number of carbonyl (C=O) groups excluding carboxylic acids is 1. The van der Waals surface area contributed by atoms with Crippen LogP contribution < -0.4 is 34.7 Å². The van der Waals surface area contributed by atoms with Gasteiger partial charge in [0.05, 0.1) is 5.97 Å². The molecule has 4 aliphatic rings. The van der Waals surface area contributed by atoms with Gasteiger partial charge in [-0.1, -0.05) is 33.6 Å². The van der Waals surface area contributed by atoms with Crippen LogP contribution in [0.5, 0.6) is 0 Å². The van der Waals surface area contributed by atoms with Crippen molar-refractivity contribution < 1.29 is 48.2 Å². The zero-order valence-electron chi connectivity index (χ0n) is 19.8. The zero-order valence-corrected chi connectivity index (χ0v) is 23.4. The fourth-order valence-corrected chi connectivity index (χ4v) is 10.4. The predicted molar refractivity (Wildman–Crippen MR) is 121 cm³/mol. The molecule has 0 aliphatic heterocycles. The van der Waals surface area contributed by atoms with Gasteiger partial charge in [0.25, 0.3) is 0 Å². The molecule has 4 nitrogen and oxygen atoms in total. The molecule has 10 atom stereocenters. The minimum Gasteiger partial charge on any atom is -0.549 e. The fraction of sp³-hybridized carbons (Fsp3) is 0.958. The Balaban J connectivity index is 0.00000272. The number of fused-ring (bicyclic) bond motifs is 5. The molecule has 4 aliphatic carbocycles. The molecule has 172 valence electrons. The second-order valence-corrected chi connectivity index (χ2v) is 14.7. The Morgan fingerprint density at radius 2 is 1.74 bits per heavy atom. The Hall–Kier alpha value is 0.800. The van der Waals surface area contributed by atoms with Crippen molar-refractivity contribution in [3.8, 4) is 0 Å². The molecule has 7 heteroatoms. The molecule has 0 amide bonds. The molecular weight excluding hydrogens is 439 g/mol. The molecule has 0 aromatic heterocycles. The van der Waals surface area contributed by atoms with E-state index in [-0.39, 0.29) is 47.3 Å². The van der Waals surface area contributed by atoms with Crippen LogP contribution in [0, 0.1) is 46.3 Å². The Morgan fingerprint density at radius 3 is 2.39 bits per heavy atom. The normalized spacial score (nSPS) is 45.7. The van der Waals surface area contributed by atoms with E-state index in [1.807, 2.05) is 0 Å². The second-order valence-electron chi connectivity index (χ2n) is 11.7. The summed E-state index contributed by atoms with van der Waals surface area (Å²) in [6.45, 7) is 7.10. The van der Waals surface area contributed by atoms with E-state index in [1.54, 1.807) is 0 Å². The molecule has 3 unspecified atom stereocenters. The van der Waals surface area contributed by atoms with E-state index in [0.717, 1.165) is 24.2 Å². The number of rotatable bonds is 5. The molecule has 0 radical (unpaired) electrons. The van der Waals surface area contributed by atoms with Crippen LogP contribution >= 0.6 is 0 Å². The summed E-state index contributed by atoms with van der Waals surface area (Å²) in [4.78, 5) is 11.5. The summed E-state index contributed by atoms with van der Waals surface area (Å²) in [6.07, 6.45) is 13.4. The Morgan fingerprint density at radius 1 is 1.06 bits per heavy atom. The summed E-state index contributed by atoms with van der Waals surface area (Å²) < 4.78 is 21.7. The Kier molecular flexibility index (Phi) is 8.05. The van der Waals surface area contributed by atoms with Crippen LogP contribution in [-0.2, 0) is 24.8 Å². The van der Waals surface area contributed by atoms with E-state index in [0.29, 0.717) is 17.3 Å². The topological polar surface area (TPSA) is 77.4 Å². The predicted octanol–water partition coefficient (Wildman–Crippen LogP) is 1.40. The van der Waals surface area contributed by atoms with Gasteiger partial charge in [-0.3, -0.25) is 0 Å². The van der Waals surface area contributed by atoms with Gasteiger partial charge in [-0.2, -0.15) is 0 Å². The molecule has 31 heavy (non-hydrogen) atoms. The monoisotopic (exact) mass is 478 g/mol. The number of hydrogen-bond acceptors (Lipinski definition) is 4. The quantitative estimate of drug-likeness (QED) is 0.605. The molecule has 1 N–H and O–H groups in total. The molecule has 0 bridgehead atoms. The van der Waals surface area contributed by atoms with E-state index in [2.05, 4.69) is 32.0 Å². The van der Waals surface area contributed by atoms with Crippen molar-refractivity contribution in [2.45, 2.75) is 96.7 Å². The van der Waals surface area contributed by atoms with Gasteiger partial charge in [-0.05, 0) is 104 Å². The molecule has 4 fully saturated rings. The second kappa shape index (κ2) is 9.45. The summed E-state index contributed by atoms with van der Waals surface area (Å²) in [5.74, 6) is 2.28. The average molecular weight is 479 g/mol. The van der Waals surface area contributed by atoms with Gasteiger partial charge in [0.1, 0.15) is 14.0 Å². The number of hydrogen-bond donors (Lipinski definition) is 1. The van der Waals surface area contributed by atoms with Crippen molar-refractivity contribution in [3.63, 3.8) is 0 Å². The first-order valence-electron chi connectivity index (χ1n) is 12.2. The summed E-state index contributed by atoms with van der Waals surface area (Å²) >= 11 is 4.62. The summed E-state index contributed by atoms with van der Waals surface area (Å²) in [5, 5.41) is 10.1. The molecule has 4 rings (SSSR count). The van der Waals surface area contributed by atoms with Crippen LogP contribution in [-0.4, -0.2) is 20.0 Å². The number of carboxylic acid groups (broad SMARTS) is 1. The van der Waals surface area contributed by atoms with E-state index < -0.39 is 20.0 Å². The van der Waals surface area contributed by atoms with Gasteiger partial charge in [0.2, 0.25) is 0 Å². The number of aliphatic carboxylic acids is 1. The minimum absolute atomic E-state index is 0. The number of carbonyl (C=O) groups is 1. The van der Waals surface area contributed by atoms with Gasteiger partial charge < -0.3 is 14.5 Å². The van der Waals surface area contributed by atoms with E-state index in [4.69, 9.17) is 0 Å². The zero-order chi connectivity index (χ0) is 21.9. The van der Waals surface area contributed by atoms with Gasteiger partial charge in [0.15, 0.2) is 0 Å². The standard InChI is InChI=1S/C24H40O4S2.Na/c1-15(14-21(22(25)26)30(27,28)29)18-9-10-19-17-8-7-16-6-4-5-12-23(16,2)20(17)11-13-24(18,19)3;/h15-21H,4-14H2,1-3H3,(H,25,26)(H,27,28,29);/q;+1/p-1/t15-,16?,17+,18-,19+,20+,21?,23+,24-;/m1./s1. The maximum Gasteiger partial charge on any atom is 1.00 e. The Labute approximate surface area is 215 Å². The van der Waals surface area contributed by atoms with E-state index >= 15 is 0 Å². The largest absolute Gasteiger partial charge is 1.00 e. The summed E-state index contributed by atoms with van der Waals surface area (Å²) in [5.41, 5.74) is 0.740. The van der Waals surface area contributed by atoms with Gasteiger partial charge in [0, 0.05) is 11.2 Å². The third kappa shape index (κ3) is 4.57. The van der Waals surface area contributed by atoms with Crippen molar-refractivity contribution in [1.82, 2.24) is 0 Å². The van der Waals surface area contributed by atoms with Gasteiger partial charge in [-0.15, -0.1) is 0 Å². The molecule has 0 heterocycles. The smallest absolute Gasteiger partial charge is 0.549 e. The van der Waals surface area contributed by atoms with Crippen molar-refractivity contribution in [2.24, 2.45) is 46.3 Å². The van der Waals surface area contributed by atoms with Crippen molar-refractivity contribution >= 4 is 25.9 Å². The maximum absolute atomic E-state index is 11.9. The molecule has 0 saturated heterocycles. The molecule has 0 spiro atoms. The van der Waals surface area contributed by atoms with Crippen molar-refractivity contribution in [2.75, 3.05) is 0 Å². The first kappa shape index (κ1) is 26.4. The maximum atomic E-state index is 11.9. The van der Waals surface area contributed by atoms with Crippen LogP contribution in [0.2, 0.25) is 0 Å². The van der Waals surface area contributed by atoms with Crippen LogP contribution in [0.25, 0.3) is 0 Å². The van der Waals surface area contributed by atoms with Gasteiger partial charge in [-0.25, -0.2) is 4.21 Å². The van der Waals surface area contributed by atoms with Crippen LogP contribution in [0.15, 0.2) is 0 Å². The third-order valence-electron chi connectivity index (χ3n) is 10.6. The molecule has 4 saturated carbocycles. The van der Waals surface area contributed by atoms with Crippen LogP contribution in [0.4, 0.5) is 0 Å². The first-order valence-corrected chi connectivity index (χ1v) is 14.7. The summed E-state index contributed by atoms with van der Waals surface area (Å²) in [7, 11) is -3.81. The Bertz CT molecular complexity index is 786. The van der Waals surface area contributed by atoms with Crippen molar-refractivity contribution in [1.29, 1.82) is 0 Å². The SMILES string of the molecule is C[C@H](CC(C(=O)[O-])S(=O)(O)=S)[C@H]1CC[C@H]2[C@@H]3CCC4CCCC[C@]4(C)[C@H]3CC[C@]12C.[Na+]. The van der Waals surface area contributed by atoms with E-state index in [9.17, 15) is 18.7 Å². The van der Waals surface area contributed by atoms with Crippen molar-refractivity contribution in [3.05, 3.63) is 0 Å². The van der Waals surface area contributed by atoms with E-state index in [1.165, 1.54) is 57.8 Å². The minimum atomic E-state index is -3.81. The van der Waals surface area contributed by atoms with Gasteiger partial charge >= 0.3 is 29.6 Å². The third-order valence-corrected chi connectivity index (χ3v) is 12.4. The molecule has 0 aromatic carbocycles. The van der Waals surface area contributed by atoms with Crippen LogP contribution in [0.1, 0.15) is 91.4 Å². The average Bonchev–Trinajstić information content (AvgIpc) is 3.01. The molecular formula is C24H39NaO4S2. The fourth-order valence-electron chi connectivity index (χ4n) is 9.11. The summed E-state index contributed by atoms with van der Waals surface area (Å²) in [6, 6.07) is 0. The van der Waals surface area contributed by atoms with Crippen LogP contribution in [0.3, 0.4) is 0 Å². The first-order chi connectivity index (χ1) is 14.0. The number of carboxylic acids is 1. The molecule has 0 aromatic rings.